The number of hydrogen-bond acceptors (Lipinski definition) is 4. The largest absolute Gasteiger partial charge is 0.358 e. The van der Waals surface area contributed by atoms with Crippen LogP contribution in [0.1, 0.15) is 36.5 Å². The van der Waals surface area contributed by atoms with E-state index in [1.54, 1.807) is 0 Å². The molecule has 0 bridgehead atoms. The van der Waals surface area contributed by atoms with Crippen LogP contribution >= 0.6 is 0 Å². The van der Waals surface area contributed by atoms with Crippen LogP contribution in [0.3, 0.4) is 0 Å². The minimum absolute atomic E-state index is 0.0510. The molecule has 1 aromatic rings. The molecule has 1 atom stereocenters. The molecule has 1 N–H and O–H groups in total. The van der Waals surface area contributed by atoms with Crippen molar-refractivity contribution < 1.29 is 9.59 Å². The Morgan fingerprint density at radius 3 is 2.72 bits per heavy atom. The van der Waals surface area contributed by atoms with Crippen LogP contribution in [0.2, 0.25) is 0 Å². The lowest BCUT2D eigenvalue weighted by Crippen LogP contribution is -2.50. The Kier molecular flexibility index (Phi) is 4.37. The Morgan fingerprint density at radius 2 is 1.96 bits per heavy atom. The average Bonchev–Trinajstić information content (AvgIpc) is 2.67. The fourth-order valence-corrected chi connectivity index (χ4v) is 4.18. The van der Waals surface area contributed by atoms with Gasteiger partial charge in [0.15, 0.2) is 0 Å². The highest BCUT2D eigenvalue weighted by molar-refractivity contribution is 6.05. The lowest BCUT2D eigenvalue weighted by molar-refractivity contribution is -0.118. The van der Waals surface area contributed by atoms with Gasteiger partial charge in [0.2, 0.25) is 5.91 Å². The maximum absolute atomic E-state index is 12.8. The van der Waals surface area contributed by atoms with Crippen molar-refractivity contribution in [3.8, 4) is 0 Å². The Labute approximate surface area is 148 Å². The van der Waals surface area contributed by atoms with Gasteiger partial charge in [0.25, 0.3) is 5.91 Å². The van der Waals surface area contributed by atoms with Gasteiger partial charge < -0.3 is 20.0 Å². The molecule has 4 rings (SSSR count). The fraction of sp³-hybridized carbons (Fsp3) is 0.579. The van der Waals surface area contributed by atoms with E-state index >= 15 is 0 Å². The van der Waals surface area contributed by atoms with Crippen LogP contribution in [-0.4, -0.2) is 66.9 Å². The van der Waals surface area contributed by atoms with Gasteiger partial charge in [-0.2, -0.15) is 0 Å². The standard InChI is InChI=1S/C19H26N4O2/c1-2-21-9-11-22(12-10-21)19(25)14-6-7-16-15(13-14)20-18(24)17-5-3-4-8-23(16)17/h6-7,13,17H,2-5,8-12H2,1H3,(H,20,24). The summed E-state index contributed by atoms with van der Waals surface area (Å²) >= 11 is 0. The van der Waals surface area contributed by atoms with Crippen molar-refractivity contribution in [2.45, 2.75) is 32.2 Å². The molecule has 6 heteroatoms. The fourth-order valence-electron chi connectivity index (χ4n) is 4.18. The van der Waals surface area contributed by atoms with Gasteiger partial charge in [-0.05, 0) is 44.0 Å². The minimum atomic E-state index is -0.0510. The van der Waals surface area contributed by atoms with E-state index in [9.17, 15) is 9.59 Å². The van der Waals surface area contributed by atoms with Crippen molar-refractivity contribution >= 4 is 23.2 Å². The molecule has 0 aromatic heterocycles. The van der Waals surface area contributed by atoms with Crippen LogP contribution < -0.4 is 10.2 Å². The number of anilines is 2. The zero-order chi connectivity index (χ0) is 17.4. The van der Waals surface area contributed by atoms with Crippen molar-refractivity contribution in [1.82, 2.24) is 9.80 Å². The number of likely N-dealkylation sites (N-methyl/N-ethyl adjacent to an activating group) is 1. The normalized spacial score (nSPS) is 23.7. The molecule has 3 heterocycles. The Hall–Kier alpha value is -2.08. The van der Waals surface area contributed by atoms with Gasteiger partial charge in [0, 0.05) is 38.3 Å². The van der Waals surface area contributed by atoms with Gasteiger partial charge in [-0.25, -0.2) is 0 Å². The molecular weight excluding hydrogens is 316 g/mol. The van der Waals surface area contributed by atoms with Gasteiger partial charge in [-0.3, -0.25) is 9.59 Å². The molecule has 0 saturated carbocycles. The monoisotopic (exact) mass is 342 g/mol. The number of amides is 2. The number of carbonyl (C=O) groups is 2. The molecule has 0 aliphatic carbocycles. The van der Waals surface area contributed by atoms with Crippen LogP contribution in [0, 0.1) is 0 Å². The van der Waals surface area contributed by atoms with E-state index < -0.39 is 0 Å². The zero-order valence-corrected chi connectivity index (χ0v) is 14.8. The molecule has 1 aromatic carbocycles. The molecule has 2 fully saturated rings. The van der Waals surface area contributed by atoms with Crippen molar-refractivity contribution in [1.29, 1.82) is 0 Å². The highest BCUT2D eigenvalue weighted by atomic mass is 16.2. The van der Waals surface area contributed by atoms with Crippen LogP contribution in [0.5, 0.6) is 0 Å². The van der Waals surface area contributed by atoms with Crippen LogP contribution in [0.15, 0.2) is 18.2 Å². The van der Waals surface area contributed by atoms with Crippen molar-refractivity contribution in [2.75, 3.05) is 49.5 Å². The van der Waals surface area contributed by atoms with E-state index in [2.05, 4.69) is 22.0 Å². The molecule has 0 radical (unpaired) electrons. The number of piperidine rings is 1. The first-order valence-corrected chi connectivity index (χ1v) is 9.40. The van der Waals surface area contributed by atoms with E-state index in [1.165, 1.54) is 0 Å². The van der Waals surface area contributed by atoms with Crippen LogP contribution in [0.25, 0.3) is 0 Å². The molecule has 6 nitrogen and oxygen atoms in total. The molecular formula is C19H26N4O2. The topological polar surface area (TPSA) is 55.9 Å². The lowest BCUT2D eigenvalue weighted by Gasteiger charge is -2.41. The first-order chi connectivity index (χ1) is 12.2. The predicted octanol–water partition coefficient (Wildman–Crippen LogP) is 1.78. The number of piperazine rings is 1. The number of carbonyl (C=O) groups excluding carboxylic acids is 2. The number of benzene rings is 1. The Morgan fingerprint density at radius 1 is 1.16 bits per heavy atom. The van der Waals surface area contributed by atoms with E-state index in [4.69, 9.17) is 0 Å². The quantitative estimate of drug-likeness (QED) is 0.890. The third kappa shape index (κ3) is 2.99. The smallest absolute Gasteiger partial charge is 0.254 e. The van der Waals surface area contributed by atoms with Crippen molar-refractivity contribution in [2.24, 2.45) is 0 Å². The number of rotatable bonds is 2. The summed E-state index contributed by atoms with van der Waals surface area (Å²) < 4.78 is 0. The number of nitrogens with one attached hydrogen (secondary N) is 1. The molecule has 25 heavy (non-hydrogen) atoms. The molecule has 3 aliphatic heterocycles. The summed E-state index contributed by atoms with van der Waals surface area (Å²) in [5.74, 6) is 0.127. The van der Waals surface area contributed by atoms with Gasteiger partial charge in [0.05, 0.1) is 11.4 Å². The van der Waals surface area contributed by atoms with Crippen LogP contribution in [0.4, 0.5) is 11.4 Å². The first kappa shape index (κ1) is 16.4. The number of nitrogens with zero attached hydrogens (tertiary/aromatic N) is 3. The molecule has 2 amide bonds. The average molecular weight is 342 g/mol. The second kappa shape index (κ2) is 6.67. The summed E-state index contributed by atoms with van der Waals surface area (Å²) in [7, 11) is 0. The second-order valence-electron chi connectivity index (χ2n) is 7.15. The third-order valence-corrected chi connectivity index (χ3v) is 5.72. The van der Waals surface area contributed by atoms with E-state index in [0.29, 0.717) is 5.56 Å². The van der Waals surface area contributed by atoms with E-state index in [0.717, 1.165) is 69.9 Å². The Bertz CT molecular complexity index is 682. The summed E-state index contributed by atoms with van der Waals surface area (Å²) in [6.45, 7) is 7.49. The van der Waals surface area contributed by atoms with E-state index in [-0.39, 0.29) is 17.9 Å². The minimum Gasteiger partial charge on any atom is -0.358 e. The summed E-state index contributed by atoms with van der Waals surface area (Å²) in [4.78, 5) is 31.7. The molecule has 2 saturated heterocycles. The summed E-state index contributed by atoms with van der Waals surface area (Å²) in [5, 5.41) is 3.01. The third-order valence-electron chi connectivity index (χ3n) is 5.72. The SMILES string of the molecule is CCN1CCN(C(=O)c2ccc3c(c2)NC(=O)C2CCCCN32)CC1. The maximum Gasteiger partial charge on any atom is 0.254 e. The van der Waals surface area contributed by atoms with E-state index in [1.807, 2.05) is 23.1 Å². The number of fused-ring (bicyclic) bond motifs is 3. The lowest BCUT2D eigenvalue weighted by atomic mass is 9.96. The highest BCUT2D eigenvalue weighted by Crippen LogP contribution is 2.36. The predicted molar refractivity (Wildman–Crippen MR) is 98.1 cm³/mol. The number of hydrogen-bond donors (Lipinski definition) is 1. The van der Waals surface area contributed by atoms with Crippen LogP contribution in [-0.2, 0) is 4.79 Å². The Balaban J connectivity index is 1.54. The van der Waals surface area contributed by atoms with Gasteiger partial charge in [-0.1, -0.05) is 6.92 Å². The zero-order valence-electron chi connectivity index (χ0n) is 14.8. The van der Waals surface area contributed by atoms with Crippen molar-refractivity contribution in [3.05, 3.63) is 23.8 Å². The summed E-state index contributed by atoms with van der Waals surface area (Å²) in [6.07, 6.45) is 3.13. The summed E-state index contributed by atoms with van der Waals surface area (Å²) in [6, 6.07) is 5.72. The van der Waals surface area contributed by atoms with Gasteiger partial charge in [-0.15, -0.1) is 0 Å². The maximum atomic E-state index is 12.8. The van der Waals surface area contributed by atoms with Gasteiger partial charge in [0.1, 0.15) is 6.04 Å². The first-order valence-electron chi connectivity index (χ1n) is 9.40. The molecule has 0 spiro atoms. The van der Waals surface area contributed by atoms with Gasteiger partial charge >= 0.3 is 0 Å². The highest BCUT2D eigenvalue weighted by Gasteiger charge is 2.35. The molecule has 134 valence electrons. The summed E-state index contributed by atoms with van der Waals surface area (Å²) in [5.41, 5.74) is 2.50. The second-order valence-corrected chi connectivity index (χ2v) is 7.15. The molecule has 1 unspecified atom stereocenters. The van der Waals surface area contributed by atoms with Crippen molar-refractivity contribution in [3.63, 3.8) is 0 Å². The molecule has 3 aliphatic rings.